The Labute approximate surface area is 148 Å². The van der Waals surface area contributed by atoms with Crippen LogP contribution in [-0.4, -0.2) is 44.6 Å². The first-order valence-corrected chi connectivity index (χ1v) is 9.27. The van der Waals surface area contributed by atoms with Gasteiger partial charge in [0.2, 0.25) is 0 Å². The van der Waals surface area contributed by atoms with E-state index in [-0.39, 0.29) is 18.1 Å². The number of benzene rings is 1. The molecule has 2 amide bonds. The van der Waals surface area contributed by atoms with Crippen LogP contribution in [0.4, 0.5) is 4.79 Å². The molecule has 1 N–H and O–H groups in total. The van der Waals surface area contributed by atoms with Gasteiger partial charge in [0, 0.05) is 18.8 Å². The zero-order valence-corrected chi connectivity index (χ0v) is 14.5. The summed E-state index contributed by atoms with van der Waals surface area (Å²) < 4.78 is 1.82. The van der Waals surface area contributed by atoms with Crippen LogP contribution in [0, 0.1) is 0 Å². The molecule has 0 unspecified atom stereocenters. The van der Waals surface area contributed by atoms with Crippen molar-refractivity contribution in [3.05, 3.63) is 47.8 Å². The van der Waals surface area contributed by atoms with E-state index in [1.807, 2.05) is 15.8 Å². The third-order valence-electron chi connectivity index (χ3n) is 5.48. The maximum absolute atomic E-state index is 12.8. The zero-order valence-electron chi connectivity index (χ0n) is 14.5. The van der Waals surface area contributed by atoms with Crippen molar-refractivity contribution in [3.8, 4) is 0 Å². The summed E-state index contributed by atoms with van der Waals surface area (Å²) in [5.74, 6) is 0. The Bertz CT molecular complexity index is 687. The standard InChI is InChI=1S/C19H25N5O/c25-19(24-12-3-6-18(24)14-23-13-11-20-22-23)21-17-9-7-15-4-1-2-5-16(15)8-10-17/h1-2,4-5,11,13,17-18H,3,6-10,12,14H2,(H,21,25)/t18-/m0/s1. The molecule has 0 bridgehead atoms. The Morgan fingerprint density at radius 2 is 1.92 bits per heavy atom. The van der Waals surface area contributed by atoms with E-state index in [0.717, 1.165) is 51.6 Å². The van der Waals surface area contributed by atoms with Crippen LogP contribution in [0.25, 0.3) is 0 Å². The van der Waals surface area contributed by atoms with Crippen molar-refractivity contribution < 1.29 is 4.79 Å². The van der Waals surface area contributed by atoms with Gasteiger partial charge in [-0.25, -0.2) is 4.79 Å². The summed E-state index contributed by atoms with van der Waals surface area (Å²) in [4.78, 5) is 14.8. The van der Waals surface area contributed by atoms with Crippen LogP contribution in [0.15, 0.2) is 36.7 Å². The maximum Gasteiger partial charge on any atom is 0.317 e. The molecule has 132 valence electrons. The number of nitrogens with one attached hydrogen (secondary N) is 1. The predicted octanol–water partition coefficient (Wildman–Crippen LogP) is 2.40. The van der Waals surface area contributed by atoms with Crippen molar-refractivity contribution in [2.45, 2.75) is 57.2 Å². The lowest BCUT2D eigenvalue weighted by molar-refractivity contribution is 0.180. The second kappa shape index (κ2) is 7.25. The van der Waals surface area contributed by atoms with E-state index in [9.17, 15) is 4.79 Å². The lowest BCUT2D eigenvalue weighted by atomic mass is 10.0. The fraction of sp³-hybridized carbons (Fsp3) is 0.526. The quantitative estimate of drug-likeness (QED) is 0.874. The molecule has 0 spiro atoms. The molecule has 0 saturated carbocycles. The predicted molar refractivity (Wildman–Crippen MR) is 95.2 cm³/mol. The Morgan fingerprint density at radius 1 is 1.16 bits per heavy atom. The lowest BCUT2D eigenvalue weighted by Crippen LogP contribution is -2.48. The molecule has 2 aliphatic rings. The highest BCUT2D eigenvalue weighted by atomic mass is 16.2. The minimum Gasteiger partial charge on any atom is -0.335 e. The fourth-order valence-electron chi connectivity index (χ4n) is 4.09. The third-order valence-corrected chi connectivity index (χ3v) is 5.48. The third kappa shape index (κ3) is 3.67. The summed E-state index contributed by atoms with van der Waals surface area (Å²) in [6.45, 7) is 1.56. The van der Waals surface area contributed by atoms with Gasteiger partial charge in [-0.1, -0.05) is 29.5 Å². The van der Waals surface area contributed by atoms with Crippen molar-refractivity contribution in [1.82, 2.24) is 25.2 Å². The molecule has 1 aromatic heterocycles. The number of amides is 2. The van der Waals surface area contributed by atoms with Crippen molar-refractivity contribution in [1.29, 1.82) is 0 Å². The summed E-state index contributed by atoms with van der Waals surface area (Å²) in [6.07, 6.45) is 9.76. The molecule has 1 saturated heterocycles. The number of hydrogen-bond acceptors (Lipinski definition) is 3. The van der Waals surface area contributed by atoms with Gasteiger partial charge in [-0.2, -0.15) is 0 Å². The Kier molecular flexibility index (Phi) is 4.68. The van der Waals surface area contributed by atoms with Crippen LogP contribution in [0.2, 0.25) is 0 Å². The van der Waals surface area contributed by atoms with Crippen LogP contribution in [0.3, 0.4) is 0 Å². The first-order chi connectivity index (χ1) is 12.3. The minimum absolute atomic E-state index is 0.0820. The Morgan fingerprint density at radius 3 is 2.60 bits per heavy atom. The number of carbonyl (C=O) groups is 1. The van der Waals surface area contributed by atoms with E-state index in [1.54, 1.807) is 6.20 Å². The number of nitrogens with zero attached hydrogens (tertiary/aromatic N) is 4. The van der Waals surface area contributed by atoms with Crippen molar-refractivity contribution in [2.75, 3.05) is 6.54 Å². The van der Waals surface area contributed by atoms with Crippen LogP contribution in [0.1, 0.15) is 36.8 Å². The molecule has 1 aliphatic heterocycles. The monoisotopic (exact) mass is 339 g/mol. The summed E-state index contributed by atoms with van der Waals surface area (Å²) >= 11 is 0. The van der Waals surface area contributed by atoms with E-state index in [2.05, 4.69) is 39.9 Å². The Balaban J connectivity index is 1.35. The van der Waals surface area contributed by atoms with Gasteiger partial charge < -0.3 is 10.2 Å². The van der Waals surface area contributed by atoms with Crippen LogP contribution in [0.5, 0.6) is 0 Å². The number of aromatic nitrogens is 3. The molecule has 4 rings (SSSR count). The van der Waals surface area contributed by atoms with E-state index >= 15 is 0 Å². The largest absolute Gasteiger partial charge is 0.335 e. The average Bonchev–Trinajstić information content (AvgIpc) is 3.26. The number of fused-ring (bicyclic) bond motifs is 1. The maximum atomic E-state index is 12.8. The van der Waals surface area contributed by atoms with Gasteiger partial charge >= 0.3 is 6.03 Å². The number of likely N-dealkylation sites (tertiary alicyclic amines) is 1. The van der Waals surface area contributed by atoms with Crippen molar-refractivity contribution >= 4 is 6.03 Å². The van der Waals surface area contributed by atoms with Gasteiger partial charge in [-0.05, 0) is 49.7 Å². The summed E-state index contributed by atoms with van der Waals surface area (Å²) in [5.41, 5.74) is 2.87. The molecular formula is C19H25N5O. The number of rotatable bonds is 3. The minimum atomic E-state index is 0.0820. The number of hydrogen-bond donors (Lipinski definition) is 1. The molecule has 2 aromatic rings. The van der Waals surface area contributed by atoms with Gasteiger partial charge in [0.1, 0.15) is 0 Å². The second-order valence-corrected chi connectivity index (χ2v) is 7.11. The number of aryl methyl sites for hydroxylation is 2. The molecule has 2 heterocycles. The fourth-order valence-corrected chi connectivity index (χ4v) is 4.09. The number of urea groups is 1. The van der Waals surface area contributed by atoms with Gasteiger partial charge in [-0.3, -0.25) is 4.68 Å². The summed E-state index contributed by atoms with van der Waals surface area (Å²) in [7, 11) is 0. The highest BCUT2D eigenvalue weighted by Crippen LogP contribution is 2.22. The SMILES string of the molecule is O=C(NC1CCc2ccccc2CC1)N1CCC[C@H]1Cn1ccnn1. The molecule has 25 heavy (non-hydrogen) atoms. The zero-order chi connectivity index (χ0) is 17.1. The molecular weight excluding hydrogens is 314 g/mol. The first kappa shape index (κ1) is 16.1. The van der Waals surface area contributed by atoms with E-state index in [0.29, 0.717) is 0 Å². The summed E-state index contributed by atoms with van der Waals surface area (Å²) in [6, 6.07) is 9.20. The molecule has 6 nitrogen and oxygen atoms in total. The van der Waals surface area contributed by atoms with Gasteiger partial charge in [0.15, 0.2) is 0 Å². The van der Waals surface area contributed by atoms with Crippen molar-refractivity contribution in [2.24, 2.45) is 0 Å². The van der Waals surface area contributed by atoms with Gasteiger partial charge in [0.25, 0.3) is 0 Å². The smallest absolute Gasteiger partial charge is 0.317 e. The van der Waals surface area contributed by atoms with Gasteiger partial charge in [-0.15, -0.1) is 5.10 Å². The van der Waals surface area contributed by atoms with Crippen LogP contribution >= 0.6 is 0 Å². The summed E-state index contributed by atoms with van der Waals surface area (Å²) in [5, 5.41) is 11.2. The average molecular weight is 339 g/mol. The second-order valence-electron chi connectivity index (χ2n) is 7.11. The Hall–Kier alpha value is -2.37. The van der Waals surface area contributed by atoms with Crippen LogP contribution in [-0.2, 0) is 19.4 Å². The van der Waals surface area contributed by atoms with E-state index in [1.165, 1.54) is 11.1 Å². The van der Waals surface area contributed by atoms with E-state index in [4.69, 9.17) is 0 Å². The highest BCUT2D eigenvalue weighted by molar-refractivity contribution is 5.75. The topological polar surface area (TPSA) is 63.1 Å². The molecule has 1 fully saturated rings. The molecule has 1 aliphatic carbocycles. The molecule has 6 heteroatoms. The van der Waals surface area contributed by atoms with Gasteiger partial charge in [0.05, 0.1) is 18.8 Å². The lowest BCUT2D eigenvalue weighted by Gasteiger charge is -2.27. The molecule has 1 atom stereocenters. The highest BCUT2D eigenvalue weighted by Gasteiger charge is 2.30. The van der Waals surface area contributed by atoms with Crippen molar-refractivity contribution in [3.63, 3.8) is 0 Å². The van der Waals surface area contributed by atoms with Crippen LogP contribution < -0.4 is 5.32 Å². The van der Waals surface area contributed by atoms with E-state index < -0.39 is 0 Å². The first-order valence-electron chi connectivity index (χ1n) is 9.27. The normalized spacial score (nSPS) is 21.0. The molecule has 0 radical (unpaired) electrons. The molecule has 1 aromatic carbocycles. The number of carbonyl (C=O) groups excluding carboxylic acids is 1.